The molecule has 2 N–H and O–H groups in total. The second-order valence-corrected chi connectivity index (χ2v) is 4.48. The Morgan fingerprint density at radius 1 is 0.800 bits per heavy atom. The number of hydrogen-bond acceptors (Lipinski definition) is 4. The van der Waals surface area contributed by atoms with Crippen LogP contribution in [0.3, 0.4) is 0 Å². The second-order valence-electron chi connectivity index (χ2n) is 4.48. The molecule has 0 spiro atoms. The molecule has 0 amide bonds. The minimum absolute atomic E-state index is 0.411. The molecule has 0 aliphatic carbocycles. The van der Waals surface area contributed by atoms with Gasteiger partial charge in [-0.1, -0.05) is 24.3 Å². The largest absolute Gasteiger partial charge is 0.497 e. The normalized spacial score (nSPS) is 11.2. The van der Waals surface area contributed by atoms with Gasteiger partial charge in [0.05, 0.1) is 20.8 Å². The number of aliphatic hydroxyl groups is 2. The van der Waals surface area contributed by atoms with Crippen LogP contribution in [-0.4, -0.2) is 31.0 Å². The first-order valence-electron chi connectivity index (χ1n) is 6.26. The van der Waals surface area contributed by atoms with Crippen molar-refractivity contribution in [2.75, 3.05) is 20.8 Å². The molecular formula is C16H18O4. The van der Waals surface area contributed by atoms with Gasteiger partial charge >= 0.3 is 0 Å². The van der Waals surface area contributed by atoms with Gasteiger partial charge in [-0.2, -0.15) is 0 Å². The van der Waals surface area contributed by atoms with Crippen molar-refractivity contribution in [1.29, 1.82) is 0 Å². The summed E-state index contributed by atoms with van der Waals surface area (Å²) in [5.41, 5.74) is -0.240. The monoisotopic (exact) mass is 274 g/mol. The lowest BCUT2D eigenvalue weighted by atomic mass is 9.87. The molecule has 0 radical (unpaired) electrons. The second kappa shape index (κ2) is 5.94. The first-order chi connectivity index (χ1) is 9.63. The van der Waals surface area contributed by atoms with Crippen molar-refractivity contribution in [1.82, 2.24) is 0 Å². The van der Waals surface area contributed by atoms with Crippen LogP contribution in [0.4, 0.5) is 0 Å². The van der Waals surface area contributed by atoms with Crippen molar-refractivity contribution in [3.05, 3.63) is 59.7 Å². The number of hydrogen-bond donors (Lipinski definition) is 2. The molecule has 0 saturated heterocycles. The van der Waals surface area contributed by atoms with Crippen molar-refractivity contribution in [3.63, 3.8) is 0 Å². The zero-order valence-corrected chi connectivity index (χ0v) is 11.5. The maximum atomic E-state index is 10.8. The van der Waals surface area contributed by atoms with Gasteiger partial charge in [-0.3, -0.25) is 0 Å². The average molecular weight is 274 g/mol. The van der Waals surface area contributed by atoms with Crippen molar-refractivity contribution in [2.24, 2.45) is 0 Å². The van der Waals surface area contributed by atoms with E-state index in [-0.39, 0.29) is 0 Å². The molecule has 4 nitrogen and oxygen atoms in total. The van der Waals surface area contributed by atoms with Gasteiger partial charge in [0.15, 0.2) is 0 Å². The topological polar surface area (TPSA) is 58.9 Å². The van der Waals surface area contributed by atoms with E-state index < -0.39 is 12.2 Å². The van der Waals surface area contributed by atoms with E-state index in [9.17, 15) is 10.2 Å². The third-order valence-electron chi connectivity index (χ3n) is 3.36. The summed E-state index contributed by atoms with van der Waals surface area (Å²) < 4.78 is 10.2. The van der Waals surface area contributed by atoms with Gasteiger partial charge in [0, 0.05) is 0 Å². The summed E-state index contributed by atoms with van der Waals surface area (Å²) in [6.07, 6.45) is 0. The number of rotatable bonds is 5. The average Bonchev–Trinajstić information content (AvgIpc) is 2.54. The van der Waals surface area contributed by atoms with Crippen LogP contribution in [-0.2, 0) is 5.60 Å². The highest BCUT2D eigenvalue weighted by Crippen LogP contribution is 2.31. The van der Waals surface area contributed by atoms with E-state index in [1.54, 1.807) is 62.8 Å². The first-order valence-corrected chi connectivity index (χ1v) is 6.26. The van der Waals surface area contributed by atoms with Gasteiger partial charge in [0.25, 0.3) is 0 Å². The Bertz CT molecular complexity index is 498. The van der Waals surface area contributed by atoms with E-state index in [4.69, 9.17) is 9.47 Å². The van der Waals surface area contributed by atoms with Gasteiger partial charge in [-0.25, -0.2) is 0 Å². The molecule has 0 aliphatic heterocycles. The van der Waals surface area contributed by atoms with Gasteiger partial charge in [0.1, 0.15) is 17.1 Å². The summed E-state index contributed by atoms with van der Waals surface area (Å²) in [6, 6.07) is 13.9. The molecule has 106 valence electrons. The minimum atomic E-state index is -1.45. The van der Waals surface area contributed by atoms with Crippen molar-refractivity contribution in [2.45, 2.75) is 5.60 Å². The van der Waals surface area contributed by atoms with Gasteiger partial charge < -0.3 is 19.7 Å². The van der Waals surface area contributed by atoms with E-state index in [1.807, 2.05) is 0 Å². The maximum absolute atomic E-state index is 10.8. The van der Waals surface area contributed by atoms with E-state index in [0.29, 0.717) is 22.6 Å². The molecule has 0 saturated carbocycles. The molecule has 4 heteroatoms. The smallest absolute Gasteiger partial charge is 0.138 e. The molecule has 0 bridgehead atoms. The number of ether oxygens (including phenoxy) is 2. The zero-order chi connectivity index (χ0) is 14.6. The molecular weight excluding hydrogens is 256 g/mol. The van der Waals surface area contributed by atoms with E-state index in [2.05, 4.69) is 0 Å². The summed E-state index contributed by atoms with van der Waals surface area (Å²) in [6.45, 7) is -0.411. The molecule has 0 aliphatic rings. The lowest BCUT2D eigenvalue weighted by Crippen LogP contribution is -2.31. The van der Waals surface area contributed by atoms with Crippen LogP contribution in [0.15, 0.2) is 48.5 Å². The number of aliphatic hydroxyl groups excluding tert-OH is 1. The standard InChI is InChI=1S/C16H18O4/c1-19-14-7-3-12(4-8-14)16(18,11-17)13-5-9-15(20-2)10-6-13/h3-10,17-18H,11H2,1-2H3. The number of methoxy groups -OCH3 is 2. The third kappa shape index (κ3) is 2.61. The third-order valence-corrected chi connectivity index (χ3v) is 3.36. The highest BCUT2D eigenvalue weighted by Gasteiger charge is 2.30. The Morgan fingerprint density at radius 3 is 1.40 bits per heavy atom. The minimum Gasteiger partial charge on any atom is -0.497 e. The molecule has 2 aromatic carbocycles. The summed E-state index contributed by atoms with van der Waals surface area (Å²) >= 11 is 0. The van der Waals surface area contributed by atoms with Crippen LogP contribution in [0.1, 0.15) is 11.1 Å². The lowest BCUT2D eigenvalue weighted by molar-refractivity contribution is 0.0172. The predicted octanol–water partition coefficient (Wildman–Crippen LogP) is 1.93. The Hall–Kier alpha value is -2.04. The van der Waals surface area contributed by atoms with Gasteiger partial charge in [-0.05, 0) is 35.4 Å². The Balaban J connectivity index is 2.39. The number of benzene rings is 2. The van der Waals surface area contributed by atoms with Crippen LogP contribution < -0.4 is 9.47 Å². The summed E-state index contributed by atoms with van der Waals surface area (Å²) in [4.78, 5) is 0. The van der Waals surface area contributed by atoms with E-state index >= 15 is 0 Å². The fourth-order valence-corrected chi connectivity index (χ4v) is 2.08. The van der Waals surface area contributed by atoms with Crippen LogP contribution in [0.25, 0.3) is 0 Å². The summed E-state index contributed by atoms with van der Waals surface area (Å²) in [5, 5.41) is 20.4. The molecule has 2 rings (SSSR count). The summed E-state index contributed by atoms with van der Waals surface area (Å²) in [7, 11) is 3.16. The quantitative estimate of drug-likeness (QED) is 0.874. The molecule has 0 fully saturated rings. The van der Waals surface area contributed by atoms with Gasteiger partial charge in [-0.15, -0.1) is 0 Å². The first kappa shape index (κ1) is 14.4. The SMILES string of the molecule is COc1ccc(C(O)(CO)c2ccc(OC)cc2)cc1. The van der Waals surface area contributed by atoms with Crippen molar-refractivity contribution >= 4 is 0 Å². The molecule has 0 heterocycles. The van der Waals surface area contributed by atoms with Crippen molar-refractivity contribution in [3.8, 4) is 11.5 Å². The molecule has 0 unspecified atom stereocenters. The lowest BCUT2D eigenvalue weighted by Gasteiger charge is -2.27. The molecule has 0 aromatic heterocycles. The van der Waals surface area contributed by atoms with Gasteiger partial charge in [0.2, 0.25) is 0 Å². The fraction of sp³-hybridized carbons (Fsp3) is 0.250. The zero-order valence-electron chi connectivity index (χ0n) is 11.5. The molecule has 0 atom stereocenters. The van der Waals surface area contributed by atoms with Crippen LogP contribution in [0, 0.1) is 0 Å². The molecule has 2 aromatic rings. The highest BCUT2D eigenvalue weighted by atomic mass is 16.5. The van der Waals surface area contributed by atoms with Crippen LogP contribution in [0.2, 0.25) is 0 Å². The summed E-state index contributed by atoms with van der Waals surface area (Å²) in [5.74, 6) is 1.40. The maximum Gasteiger partial charge on any atom is 0.138 e. The van der Waals surface area contributed by atoms with E-state index in [0.717, 1.165) is 0 Å². The predicted molar refractivity (Wildman–Crippen MR) is 76.1 cm³/mol. The molecule has 20 heavy (non-hydrogen) atoms. The van der Waals surface area contributed by atoms with Crippen LogP contribution >= 0.6 is 0 Å². The highest BCUT2D eigenvalue weighted by molar-refractivity contribution is 5.40. The fourth-order valence-electron chi connectivity index (χ4n) is 2.08. The van der Waals surface area contributed by atoms with Crippen LogP contribution in [0.5, 0.6) is 11.5 Å². The van der Waals surface area contributed by atoms with E-state index in [1.165, 1.54) is 0 Å². The Labute approximate surface area is 118 Å². The van der Waals surface area contributed by atoms with Crippen molar-refractivity contribution < 1.29 is 19.7 Å². The Morgan fingerprint density at radius 2 is 1.15 bits per heavy atom. The Kier molecular flexibility index (Phi) is 4.27.